The maximum Gasteiger partial charge on any atom is 0.240 e. The smallest absolute Gasteiger partial charge is 0.240 e. The Bertz CT molecular complexity index is 1140. The lowest BCUT2D eigenvalue weighted by Crippen LogP contribution is -2.43. The van der Waals surface area contributed by atoms with E-state index >= 15 is 0 Å². The number of amides is 1. The average Bonchev–Trinajstić information content (AvgIpc) is 3.54. The third kappa shape index (κ3) is 4.56. The van der Waals surface area contributed by atoms with Crippen molar-refractivity contribution >= 4 is 28.7 Å². The first-order valence-corrected chi connectivity index (χ1v) is 11.5. The molecule has 0 spiro atoms. The van der Waals surface area contributed by atoms with Crippen LogP contribution >= 0.6 is 11.8 Å². The Labute approximate surface area is 190 Å². The Morgan fingerprint density at radius 2 is 2.12 bits per heavy atom. The van der Waals surface area contributed by atoms with Gasteiger partial charge in [-0.25, -0.2) is 4.98 Å². The average molecular weight is 448 g/mol. The van der Waals surface area contributed by atoms with E-state index in [0.717, 1.165) is 40.4 Å². The van der Waals surface area contributed by atoms with E-state index < -0.39 is 0 Å². The van der Waals surface area contributed by atoms with E-state index in [1.165, 1.54) is 0 Å². The molecule has 0 unspecified atom stereocenters. The van der Waals surface area contributed by atoms with Crippen LogP contribution in [0.1, 0.15) is 17.7 Å². The number of rotatable bonds is 7. The highest BCUT2D eigenvalue weighted by Gasteiger charge is 2.39. The Kier molecular flexibility index (Phi) is 5.96. The van der Waals surface area contributed by atoms with Crippen LogP contribution in [-0.4, -0.2) is 55.5 Å². The topological polar surface area (TPSA) is 78.3 Å². The van der Waals surface area contributed by atoms with Gasteiger partial charge in [0, 0.05) is 43.7 Å². The first-order chi connectivity index (χ1) is 15.7. The number of aromatic nitrogens is 3. The van der Waals surface area contributed by atoms with Crippen molar-refractivity contribution < 1.29 is 9.21 Å². The van der Waals surface area contributed by atoms with Gasteiger partial charge >= 0.3 is 0 Å². The van der Waals surface area contributed by atoms with Crippen LogP contribution < -0.4 is 0 Å². The fraction of sp³-hybridized carbons (Fsp3) is 0.292. The van der Waals surface area contributed by atoms with Crippen LogP contribution in [0.3, 0.4) is 0 Å². The maximum absolute atomic E-state index is 13.4. The summed E-state index contributed by atoms with van der Waals surface area (Å²) in [6.45, 7) is 1.98. The van der Waals surface area contributed by atoms with Gasteiger partial charge in [-0.05, 0) is 36.8 Å². The second-order valence-corrected chi connectivity index (χ2v) is 9.42. The van der Waals surface area contributed by atoms with Crippen molar-refractivity contribution in [1.82, 2.24) is 24.8 Å². The zero-order valence-corrected chi connectivity index (χ0v) is 18.7. The summed E-state index contributed by atoms with van der Waals surface area (Å²) in [5, 5.41) is 1.16. The number of likely N-dealkylation sites (N-methyl/N-ethyl adjacent to an activating group) is 1. The van der Waals surface area contributed by atoms with Crippen LogP contribution in [0.2, 0.25) is 0 Å². The lowest BCUT2D eigenvalue weighted by Gasteiger charge is -2.27. The summed E-state index contributed by atoms with van der Waals surface area (Å²) >= 11 is 1.72. The number of carbonyl (C=O) groups excluding carboxylic acids is 1. The molecule has 0 saturated carbocycles. The zero-order valence-electron chi connectivity index (χ0n) is 17.8. The fourth-order valence-electron chi connectivity index (χ4n) is 4.21. The third-order valence-electron chi connectivity index (χ3n) is 5.76. The number of carbonyl (C=O) groups is 1. The molecule has 0 aliphatic carbocycles. The van der Waals surface area contributed by atoms with Gasteiger partial charge in [0.05, 0.1) is 35.3 Å². The lowest BCUT2D eigenvalue weighted by molar-refractivity contribution is -0.135. The predicted molar refractivity (Wildman–Crippen MR) is 124 cm³/mol. The molecule has 1 fully saturated rings. The van der Waals surface area contributed by atoms with Crippen LogP contribution in [0.15, 0.2) is 76.8 Å². The second-order valence-electron chi connectivity index (χ2n) is 8.13. The monoisotopic (exact) mass is 447 g/mol. The summed E-state index contributed by atoms with van der Waals surface area (Å²) in [7, 11) is 1.86. The van der Waals surface area contributed by atoms with Crippen molar-refractivity contribution in [2.75, 3.05) is 13.6 Å². The number of hydrogen-bond donors (Lipinski definition) is 1. The molecule has 1 saturated heterocycles. The van der Waals surface area contributed by atoms with Crippen molar-refractivity contribution in [2.24, 2.45) is 0 Å². The molecule has 1 aliphatic rings. The molecule has 7 nitrogen and oxygen atoms in total. The molecular weight excluding hydrogens is 422 g/mol. The molecular formula is C24H25N5O2S. The van der Waals surface area contributed by atoms with E-state index in [1.807, 2.05) is 55.6 Å². The minimum atomic E-state index is -0.198. The number of nitrogens with zero attached hydrogens (tertiary/aromatic N) is 4. The highest BCUT2D eigenvalue weighted by Crippen LogP contribution is 2.34. The normalized spacial score (nSPS) is 18.9. The number of benzene rings is 1. The maximum atomic E-state index is 13.4. The summed E-state index contributed by atoms with van der Waals surface area (Å²) in [6.07, 6.45) is 5.89. The number of aromatic amines is 1. The van der Waals surface area contributed by atoms with Gasteiger partial charge in [0.2, 0.25) is 5.91 Å². The van der Waals surface area contributed by atoms with E-state index in [9.17, 15) is 4.79 Å². The van der Waals surface area contributed by atoms with Gasteiger partial charge in [0.1, 0.15) is 0 Å². The van der Waals surface area contributed by atoms with Crippen molar-refractivity contribution in [1.29, 1.82) is 0 Å². The summed E-state index contributed by atoms with van der Waals surface area (Å²) in [5.41, 5.74) is 3.96. The van der Waals surface area contributed by atoms with Crippen LogP contribution in [-0.2, 0) is 17.9 Å². The molecule has 5 rings (SSSR count). The van der Waals surface area contributed by atoms with Gasteiger partial charge in [-0.1, -0.05) is 30.0 Å². The van der Waals surface area contributed by atoms with Crippen molar-refractivity contribution in [3.05, 3.63) is 78.5 Å². The van der Waals surface area contributed by atoms with Crippen LogP contribution in [0, 0.1) is 0 Å². The number of H-pyrrole nitrogens is 1. The summed E-state index contributed by atoms with van der Waals surface area (Å²) in [6, 6.07) is 15.6. The summed E-state index contributed by atoms with van der Waals surface area (Å²) < 4.78 is 5.16. The molecule has 1 N–H and O–H groups in total. The fourth-order valence-corrected chi connectivity index (χ4v) is 5.39. The second kappa shape index (κ2) is 9.18. The first kappa shape index (κ1) is 20.8. The number of para-hydroxylation sites is 2. The molecule has 3 aromatic heterocycles. The van der Waals surface area contributed by atoms with E-state index in [2.05, 4.69) is 14.9 Å². The SMILES string of the molecule is CN(Cc1ccoc1)C(=O)[C@@H]1C[C@@H](Sc2nc3ccccc3[nH]2)CN1Cc1ccccn1. The molecule has 0 bridgehead atoms. The van der Waals surface area contributed by atoms with E-state index in [1.54, 1.807) is 35.4 Å². The number of pyridine rings is 1. The molecule has 4 aromatic rings. The van der Waals surface area contributed by atoms with Gasteiger partial charge in [-0.15, -0.1) is 0 Å². The van der Waals surface area contributed by atoms with E-state index in [0.29, 0.717) is 13.1 Å². The van der Waals surface area contributed by atoms with E-state index in [-0.39, 0.29) is 17.2 Å². The summed E-state index contributed by atoms with van der Waals surface area (Å²) in [4.78, 5) is 30.0. The van der Waals surface area contributed by atoms with Crippen molar-refractivity contribution in [3.8, 4) is 0 Å². The lowest BCUT2D eigenvalue weighted by atomic mass is 10.1. The van der Waals surface area contributed by atoms with Gasteiger partial charge in [-0.3, -0.25) is 14.7 Å². The van der Waals surface area contributed by atoms with E-state index in [4.69, 9.17) is 9.40 Å². The standard InChI is InChI=1S/C24H25N5O2S/c1-28(13-17-9-11-31-16-17)23(30)22-12-19(15-29(22)14-18-6-4-5-10-25-18)32-24-26-20-7-2-3-8-21(20)27-24/h2-11,16,19,22H,12-15H2,1H3,(H,26,27)/t19-,22+/m1/s1. The number of fused-ring (bicyclic) bond motifs is 1. The number of imidazole rings is 1. The minimum Gasteiger partial charge on any atom is -0.472 e. The number of furan rings is 1. The van der Waals surface area contributed by atoms with Gasteiger partial charge < -0.3 is 14.3 Å². The Morgan fingerprint density at radius 3 is 2.91 bits per heavy atom. The molecule has 8 heteroatoms. The summed E-state index contributed by atoms with van der Waals surface area (Å²) in [5.74, 6) is 0.120. The highest BCUT2D eigenvalue weighted by molar-refractivity contribution is 7.99. The predicted octanol–water partition coefficient (Wildman–Crippen LogP) is 3.94. The molecule has 2 atom stereocenters. The van der Waals surface area contributed by atoms with Crippen LogP contribution in [0.25, 0.3) is 11.0 Å². The third-order valence-corrected chi connectivity index (χ3v) is 6.85. The van der Waals surface area contributed by atoms with Crippen LogP contribution in [0.5, 0.6) is 0 Å². The minimum absolute atomic E-state index is 0.120. The van der Waals surface area contributed by atoms with Gasteiger partial charge in [0.15, 0.2) is 5.16 Å². The van der Waals surface area contributed by atoms with Crippen molar-refractivity contribution in [2.45, 2.75) is 36.0 Å². The van der Waals surface area contributed by atoms with Crippen LogP contribution in [0.4, 0.5) is 0 Å². The number of thioether (sulfide) groups is 1. The Morgan fingerprint density at radius 1 is 1.25 bits per heavy atom. The quantitative estimate of drug-likeness (QED) is 0.462. The van der Waals surface area contributed by atoms with Gasteiger partial charge in [-0.2, -0.15) is 0 Å². The number of nitrogens with one attached hydrogen (secondary N) is 1. The van der Waals surface area contributed by atoms with Crippen molar-refractivity contribution in [3.63, 3.8) is 0 Å². The highest BCUT2D eigenvalue weighted by atomic mass is 32.2. The molecule has 1 aromatic carbocycles. The van der Waals surface area contributed by atoms with Gasteiger partial charge in [0.25, 0.3) is 0 Å². The Balaban J connectivity index is 1.33. The number of likely N-dealkylation sites (tertiary alicyclic amines) is 1. The molecule has 4 heterocycles. The Hall–Kier alpha value is -3.10. The molecule has 1 aliphatic heterocycles. The largest absolute Gasteiger partial charge is 0.472 e. The zero-order chi connectivity index (χ0) is 21.9. The molecule has 0 radical (unpaired) electrons. The molecule has 1 amide bonds. The number of hydrogen-bond acceptors (Lipinski definition) is 6. The first-order valence-electron chi connectivity index (χ1n) is 10.7. The molecule has 164 valence electrons. The molecule has 32 heavy (non-hydrogen) atoms.